The van der Waals surface area contributed by atoms with Crippen LogP contribution in [0.2, 0.25) is 0 Å². The van der Waals surface area contributed by atoms with E-state index in [9.17, 15) is 4.79 Å². The van der Waals surface area contributed by atoms with Crippen molar-refractivity contribution >= 4 is 5.91 Å². The lowest BCUT2D eigenvalue weighted by molar-refractivity contribution is 0.0727. The van der Waals surface area contributed by atoms with Crippen LogP contribution in [0, 0.1) is 0 Å². The summed E-state index contributed by atoms with van der Waals surface area (Å²) < 4.78 is 1.80. The Morgan fingerprint density at radius 2 is 1.77 bits per heavy atom. The summed E-state index contributed by atoms with van der Waals surface area (Å²) in [4.78, 5) is 15.0. The van der Waals surface area contributed by atoms with E-state index in [2.05, 4.69) is 35.4 Å². The van der Waals surface area contributed by atoms with Crippen LogP contribution in [-0.4, -0.2) is 32.3 Å². The quantitative estimate of drug-likeness (QED) is 0.727. The molecule has 0 N–H and O–H groups in total. The number of hydrogen-bond donors (Lipinski definition) is 0. The summed E-state index contributed by atoms with van der Waals surface area (Å²) in [5.74, 6) is -0.0230. The Balaban J connectivity index is 1.65. The van der Waals surface area contributed by atoms with Crippen LogP contribution in [-0.2, 0) is 19.4 Å². The molecule has 5 nitrogen and oxygen atoms in total. The number of fused-ring (bicyclic) bond motifs is 1. The molecule has 2 aromatic carbocycles. The molecule has 0 radical (unpaired) electrons. The highest BCUT2D eigenvalue weighted by molar-refractivity contribution is 5.93. The number of carbonyl (C=O) groups is 1. The van der Waals surface area contributed by atoms with Gasteiger partial charge >= 0.3 is 0 Å². The second-order valence-corrected chi connectivity index (χ2v) is 6.63. The van der Waals surface area contributed by atoms with Crippen molar-refractivity contribution in [3.63, 3.8) is 0 Å². The van der Waals surface area contributed by atoms with Crippen molar-refractivity contribution < 1.29 is 4.79 Å². The molecule has 3 aromatic rings. The Morgan fingerprint density at radius 1 is 1.04 bits per heavy atom. The molecule has 0 fully saturated rings. The number of hydrogen-bond acceptors (Lipinski definition) is 3. The van der Waals surface area contributed by atoms with Crippen molar-refractivity contribution in [1.82, 2.24) is 19.9 Å². The van der Waals surface area contributed by atoms with Gasteiger partial charge in [-0.2, -0.15) is 0 Å². The van der Waals surface area contributed by atoms with Crippen LogP contribution in [0.5, 0.6) is 0 Å². The monoisotopic (exact) mass is 346 g/mol. The molecule has 0 saturated heterocycles. The van der Waals surface area contributed by atoms with Gasteiger partial charge in [-0.3, -0.25) is 4.79 Å². The van der Waals surface area contributed by atoms with Crippen LogP contribution in [0.4, 0.5) is 0 Å². The lowest BCUT2D eigenvalue weighted by atomic mass is 9.99. The number of amides is 1. The second-order valence-electron chi connectivity index (χ2n) is 6.63. The zero-order valence-corrected chi connectivity index (χ0v) is 14.9. The van der Waals surface area contributed by atoms with Crippen LogP contribution in [0.25, 0.3) is 5.69 Å². The predicted molar refractivity (Wildman–Crippen MR) is 100 cm³/mol. The molecule has 0 aliphatic carbocycles. The summed E-state index contributed by atoms with van der Waals surface area (Å²) in [6.07, 6.45) is 2.59. The molecule has 4 rings (SSSR count). The smallest absolute Gasteiger partial charge is 0.276 e. The minimum atomic E-state index is -0.0230. The third kappa shape index (κ3) is 3.01. The molecule has 0 bridgehead atoms. The normalized spacial score (nSPS) is 13.5. The number of nitrogens with zero attached hydrogens (tertiary/aromatic N) is 4. The molecule has 5 heteroatoms. The lowest BCUT2D eigenvalue weighted by Crippen LogP contribution is -2.36. The molecule has 0 atom stereocenters. The number of benzene rings is 2. The first-order valence-electron chi connectivity index (χ1n) is 9.14. The minimum Gasteiger partial charge on any atom is -0.333 e. The van der Waals surface area contributed by atoms with Crippen LogP contribution in [0.1, 0.15) is 40.7 Å². The molecule has 2 heterocycles. The van der Waals surface area contributed by atoms with Gasteiger partial charge in [0.2, 0.25) is 0 Å². The highest BCUT2D eigenvalue weighted by atomic mass is 16.2. The fourth-order valence-corrected chi connectivity index (χ4v) is 3.52. The van der Waals surface area contributed by atoms with Crippen molar-refractivity contribution in [2.75, 3.05) is 6.54 Å². The zero-order chi connectivity index (χ0) is 17.9. The highest BCUT2D eigenvalue weighted by Gasteiger charge is 2.27. The molecular weight excluding hydrogens is 324 g/mol. The minimum absolute atomic E-state index is 0.0230. The van der Waals surface area contributed by atoms with Gasteiger partial charge in [-0.05, 0) is 36.1 Å². The summed E-state index contributed by atoms with van der Waals surface area (Å²) in [5.41, 5.74) is 4.86. The van der Waals surface area contributed by atoms with Crippen molar-refractivity contribution in [3.8, 4) is 5.69 Å². The third-order valence-electron chi connectivity index (χ3n) is 4.87. The molecule has 1 aliphatic heterocycles. The van der Waals surface area contributed by atoms with Gasteiger partial charge in [0, 0.05) is 13.1 Å². The number of rotatable bonds is 4. The molecule has 0 unspecified atom stereocenters. The average Bonchev–Trinajstić information content (AvgIpc) is 3.11. The molecule has 1 aliphatic rings. The fraction of sp³-hybridized carbons (Fsp3) is 0.286. The topological polar surface area (TPSA) is 51.0 Å². The van der Waals surface area contributed by atoms with Gasteiger partial charge in [0.25, 0.3) is 5.91 Å². The summed E-state index contributed by atoms with van der Waals surface area (Å²) in [7, 11) is 0. The van der Waals surface area contributed by atoms with E-state index in [4.69, 9.17) is 0 Å². The van der Waals surface area contributed by atoms with Gasteiger partial charge in [0.05, 0.1) is 11.4 Å². The van der Waals surface area contributed by atoms with E-state index in [0.717, 1.165) is 37.2 Å². The molecule has 132 valence electrons. The van der Waals surface area contributed by atoms with E-state index in [-0.39, 0.29) is 5.91 Å². The van der Waals surface area contributed by atoms with Crippen molar-refractivity contribution in [2.45, 2.75) is 32.7 Å². The van der Waals surface area contributed by atoms with E-state index in [1.54, 1.807) is 4.68 Å². The Morgan fingerprint density at radius 3 is 2.54 bits per heavy atom. The third-order valence-corrected chi connectivity index (χ3v) is 4.87. The van der Waals surface area contributed by atoms with Gasteiger partial charge < -0.3 is 4.90 Å². The van der Waals surface area contributed by atoms with E-state index < -0.39 is 0 Å². The summed E-state index contributed by atoms with van der Waals surface area (Å²) in [6, 6.07) is 18.2. The van der Waals surface area contributed by atoms with E-state index >= 15 is 0 Å². The van der Waals surface area contributed by atoms with E-state index in [1.165, 1.54) is 11.1 Å². The van der Waals surface area contributed by atoms with Crippen LogP contribution < -0.4 is 0 Å². The Bertz CT molecular complexity index is 917. The van der Waals surface area contributed by atoms with Gasteiger partial charge in [-0.25, -0.2) is 4.68 Å². The molecule has 0 saturated carbocycles. The SMILES string of the molecule is CCCc1c(C(=O)N2CCc3ccccc3C2)nnn1-c1ccccc1. The number of para-hydroxylation sites is 1. The Hall–Kier alpha value is -2.95. The first kappa shape index (κ1) is 16.5. The summed E-state index contributed by atoms with van der Waals surface area (Å²) >= 11 is 0. The van der Waals surface area contributed by atoms with Crippen LogP contribution >= 0.6 is 0 Å². The van der Waals surface area contributed by atoms with Gasteiger partial charge in [0.15, 0.2) is 5.69 Å². The molecule has 26 heavy (non-hydrogen) atoms. The highest BCUT2D eigenvalue weighted by Crippen LogP contribution is 2.22. The Labute approximate surface area is 153 Å². The van der Waals surface area contributed by atoms with E-state index in [1.807, 2.05) is 41.3 Å². The van der Waals surface area contributed by atoms with Gasteiger partial charge in [0.1, 0.15) is 0 Å². The zero-order valence-electron chi connectivity index (χ0n) is 14.9. The average molecular weight is 346 g/mol. The first-order valence-corrected chi connectivity index (χ1v) is 9.14. The van der Waals surface area contributed by atoms with E-state index in [0.29, 0.717) is 12.2 Å². The van der Waals surface area contributed by atoms with Crippen molar-refractivity contribution in [2.24, 2.45) is 0 Å². The maximum atomic E-state index is 13.2. The van der Waals surface area contributed by atoms with Crippen molar-refractivity contribution in [3.05, 3.63) is 77.1 Å². The maximum Gasteiger partial charge on any atom is 0.276 e. The number of aromatic nitrogens is 3. The lowest BCUT2D eigenvalue weighted by Gasteiger charge is -2.28. The maximum absolute atomic E-state index is 13.2. The first-order chi connectivity index (χ1) is 12.8. The Kier molecular flexibility index (Phi) is 4.52. The molecule has 1 amide bonds. The standard InChI is InChI=1S/C21H22N4O/c1-2-8-19-20(22-23-25(19)18-11-4-3-5-12-18)21(26)24-14-13-16-9-6-7-10-17(16)15-24/h3-7,9-12H,2,8,13-15H2,1H3. The molecule has 0 spiro atoms. The fourth-order valence-electron chi connectivity index (χ4n) is 3.52. The van der Waals surface area contributed by atoms with Crippen LogP contribution in [0.3, 0.4) is 0 Å². The van der Waals surface area contributed by atoms with Gasteiger partial charge in [-0.1, -0.05) is 61.0 Å². The number of carbonyl (C=O) groups excluding carboxylic acids is 1. The largest absolute Gasteiger partial charge is 0.333 e. The summed E-state index contributed by atoms with van der Waals surface area (Å²) in [5, 5.41) is 8.55. The predicted octanol–water partition coefficient (Wildman–Crippen LogP) is 3.42. The van der Waals surface area contributed by atoms with Gasteiger partial charge in [-0.15, -0.1) is 5.10 Å². The second kappa shape index (κ2) is 7.12. The summed E-state index contributed by atoms with van der Waals surface area (Å²) in [6.45, 7) is 3.46. The molecule has 1 aromatic heterocycles. The van der Waals surface area contributed by atoms with Crippen LogP contribution in [0.15, 0.2) is 54.6 Å². The van der Waals surface area contributed by atoms with Crippen molar-refractivity contribution in [1.29, 1.82) is 0 Å². The molecular formula is C21H22N4O.